The van der Waals surface area contributed by atoms with Gasteiger partial charge in [0.15, 0.2) is 0 Å². The summed E-state index contributed by atoms with van der Waals surface area (Å²) >= 11 is 0. The van der Waals surface area contributed by atoms with Crippen LogP contribution in [0.3, 0.4) is 0 Å². The zero-order chi connectivity index (χ0) is 13.7. The maximum Gasteiger partial charge on any atom is 0.272 e. The fourth-order valence-corrected chi connectivity index (χ4v) is 2.68. The van der Waals surface area contributed by atoms with Crippen LogP contribution in [0.5, 0.6) is 0 Å². The molecule has 2 rings (SSSR count). The van der Waals surface area contributed by atoms with Crippen LogP contribution in [-0.4, -0.2) is 35.4 Å². The van der Waals surface area contributed by atoms with Crippen molar-refractivity contribution in [2.24, 2.45) is 5.92 Å². The quantitative estimate of drug-likeness (QED) is 0.886. The lowest BCUT2D eigenvalue weighted by Gasteiger charge is -2.16. The number of carbonyl (C=O) groups excluding carboxylic acids is 1. The number of carbonyl (C=O) groups is 1. The first-order chi connectivity index (χ1) is 9.24. The van der Waals surface area contributed by atoms with Crippen LogP contribution in [0.25, 0.3) is 0 Å². The molecule has 0 saturated carbocycles. The molecule has 1 aliphatic rings. The minimum absolute atomic E-state index is 0.0679. The highest BCUT2D eigenvalue weighted by Crippen LogP contribution is 2.22. The Kier molecular flexibility index (Phi) is 4.77. The van der Waals surface area contributed by atoms with Gasteiger partial charge in [0.1, 0.15) is 5.69 Å². The lowest BCUT2D eigenvalue weighted by atomic mass is 10.0. The average molecular weight is 261 g/mol. The van der Waals surface area contributed by atoms with Crippen molar-refractivity contribution < 1.29 is 4.79 Å². The second-order valence-electron chi connectivity index (χ2n) is 5.15. The molecule has 0 aromatic carbocycles. The highest BCUT2D eigenvalue weighted by Gasteiger charge is 2.26. The highest BCUT2D eigenvalue weighted by atomic mass is 16.2. The van der Waals surface area contributed by atoms with Crippen LogP contribution < -0.4 is 5.32 Å². The van der Waals surface area contributed by atoms with E-state index in [9.17, 15) is 4.79 Å². The molecule has 104 valence electrons. The monoisotopic (exact) mass is 261 g/mol. The molecular formula is C15H23N3O. The van der Waals surface area contributed by atoms with Crippen LogP contribution in [0.4, 0.5) is 5.69 Å². The fraction of sp³-hybridized carbons (Fsp3) is 0.600. The minimum Gasteiger partial charge on any atom is -0.385 e. The van der Waals surface area contributed by atoms with Gasteiger partial charge in [-0.3, -0.25) is 9.78 Å². The molecule has 1 N–H and O–H groups in total. The van der Waals surface area contributed by atoms with E-state index >= 15 is 0 Å². The summed E-state index contributed by atoms with van der Waals surface area (Å²) in [6.07, 6.45) is 5.24. The maximum absolute atomic E-state index is 12.4. The molecule has 1 fully saturated rings. The summed E-state index contributed by atoms with van der Waals surface area (Å²) in [5.74, 6) is 0.740. The molecule has 1 aromatic rings. The summed E-state index contributed by atoms with van der Waals surface area (Å²) < 4.78 is 0. The number of pyridine rings is 1. The Morgan fingerprint density at radius 2 is 2.37 bits per heavy atom. The topological polar surface area (TPSA) is 45.2 Å². The van der Waals surface area contributed by atoms with Crippen LogP contribution in [0.1, 0.15) is 43.6 Å². The van der Waals surface area contributed by atoms with E-state index in [1.165, 1.54) is 12.8 Å². The van der Waals surface area contributed by atoms with Gasteiger partial charge < -0.3 is 10.2 Å². The van der Waals surface area contributed by atoms with Crippen LogP contribution in [-0.2, 0) is 0 Å². The van der Waals surface area contributed by atoms with E-state index in [1.54, 1.807) is 6.20 Å². The molecular weight excluding hydrogens is 238 g/mol. The summed E-state index contributed by atoms with van der Waals surface area (Å²) in [7, 11) is 0. The van der Waals surface area contributed by atoms with Crippen molar-refractivity contribution in [3.63, 3.8) is 0 Å². The van der Waals surface area contributed by atoms with Gasteiger partial charge in [-0.2, -0.15) is 0 Å². The number of likely N-dealkylation sites (tertiary alicyclic amines) is 1. The van der Waals surface area contributed by atoms with Gasteiger partial charge in [-0.15, -0.1) is 0 Å². The standard InChI is InChI=1S/C15H23N3O/c1-3-5-12-7-9-18(11-12)15(19)14-10-13(16-4-2)6-8-17-14/h6,8,10,12H,3-5,7,9,11H2,1-2H3,(H,16,17). The molecule has 4 heteroatoms. The molecule has 1 aromatic heterocycles. The summed E-state index contributed by atoms with van der Waals surface area (Å²) in [6, 6.07) is 3.74. The molecule has 0 bridgehead atoms. The van der Waals surface area contributed by atoms with E-state index < -0.39 is 0 Å². The van der Waals surface area contributed by atoms with Gasteiger partial charge in [0, 0.05) is 31.5 Å². The Labute approximate surface area is 115 Å². The zero-order valence-corrected chi connectivity index (χ0v) is 11.9. The fourth-order valence-electron chi connectivity index (χ4n) is 2.68. The zero-order valence-electron chi connectivity index (χ0n) is 11.9. The van der Waals surface area contributed by atoms with E-state index in [4.69, 9.17) is 0 Å². The van der Waals surface area contributed by atoms with Gasteiger partial charge in [0.2, 0.25) is 0 Å². The third kappa shape index (κ3) is 3.46. The number of aromatic nitrogens is 1. The van der Waals surface area contributed by atoms with E-state index in [0.29, 0.717) is 11.6 Å². The van der Waals surface area contributed by atoms with E-state index in [2.05, 4.69) is 17.2 Å². The molecule has 0 aliphatic carbocycles. The second kappa shape index (κ2) is 6.55. The minimum atomic E-state index is 0.0679. The van der Waals surface area contributed by atoms with Crippen molar-refractivity contribution in [2.45, 2.75) is 33.1 Å². The predicted molar refractivity (Wildman–Crippen MR) is 77.3 cm³/mol. The SMILES string of the molecule is CCCC1CCN(C(=O)c2cc(NCC)ccn2)C1. The van der Waals surface area contributed by atoms with E-state index in [-0.39, 0.29) is 5.91 Å². The Balaban J connectivity index is 2.01. The van der Waals surface area contributed by atoms with Gasteiger partial charge >= 0.3 is 0 Å². The second-order valence-corrected chi connectivity index (χ2v) is 5.15. The third-order valence-electron chi connectivity index (χ3n) is 3.63. The number of anilines is 1. The molecule has 2 heterocycles. The van der Waals surface area contributed by atoms with Crippen LogP contribution in [0.2, 0.25) is 0 Å². The molecule has 1 amide bonds. The van der Waals surface area contributed by atoms with Gasteiger partial charge in [-0.05, 0) is 37.8 Å². The van der Waals surface area contributed by atoms with Gasteiger partial charge in [-0.1, -0.05) is 13.3 Å². The van der Waals surface area contributed by atoms with E-state index in [1.807, 2.05) is 24.0 Å². The van der Waals surface area contributed by atoms with Gasteiger partial charge in [0.25, 0.3) is 5.91 Å². The third-order valence-corrected chi connectivity index (χ3v) is 3.63. The number of amides is 1. The Morgan fingerprint density at radius 1 is 1.53 bits per heavy atom. The molecule has 0 spiro atoms. The van der Waals surface area contributed by atoms with E-state index in [0.717, 1.165) is 31.7 Å². The maximum atomic E-state index is 12.4. The Morgan fingerprint density at radius 3 is 3.11 bits per heavy atom. The number of nitrogens with zero attached hydrogens (tertiary/aromatic N) is 2. The lowest BCUT2D eigenvalue weighted by Crippen LogP contribution is -2.29. The number of hydrogen-bond donors (Lipinski definition) is 1. The van der Waals surface area contributed by atoms with Crippen LogP contribution >= 0.6 is 0 Å². The lowest BCUT2D eigenvalue weighted by molar-refractivity contribution is 0.0781. The summed E-state index contributed by atoms with van der Waals surface area (Å²) in [5, 5.41) is 3.21. The van der Waals surface area contributed by atoms with Gasteiger partial charge in [0.05, 0.1) is 0 Å². The molecule has 1 atom stereocenters. The normalized spacial score (nSPS) is 18.6. The van der Waals surface area contributed by atoms with Crippen molar-refractivity contribution in [2.75, 3.05) is 25.0 Å². The summed E-state index contributed by atoms with van der Waals surface area (Å²) in [5.41, 5.74) is 1.51. The molecule has 0 radical (unpaired) electrons. The first-order valence-corrected chi connectivity index (χ1v) is 7.23. The summed E-state index contributed by atoms with van der Waals surface area (Å²) in [6.45, 7) is 6.85. The molecule has 1 aliphatic heterocycles. The van der Waals surface area contributed by atoms with Crippen LogP contribution in [0.15, 0.2) is 18.3 Å². The Hall–Kier alpha value is -1.58. The highest BCUT2D eigenvalue weighted by molar-refractivity contribution is 5.93. The summed E-state index contributed by atoms with van der Waals surface area (Å²) in [4.78, 5) is 18.5. The van der Waals surface area contributed by atoms with Crippen molar-refractivity contribution in [3.05, 3.63) is 24.0 Å². The van der Waals surface area contributed by atoms with Gasteiger partial charge in [-0.25, -0.2) is 0 Å². The van der Waals surface area contributed by atoms with Crippen molar-refractivity contribution in [1.82, 2.24) is 9.88 Å². The number of nitrogens with one attached hydrogen (secondary N) is 1. The molecule has 19 heavy (non-hydrogen) atoms. The number of rotatable bonds is 5. The Bertz CT molecular complexity index is 433. The molecule has 1 unspecified atom stereocenters. The molecule has 1 saturated heterocycles. The smallest absolute Gasteiger partial charge is 0.272 e. The first kappa shape index (κ1) is 13.8. The number of hydrogen-bond acceptors (Lipinski definition) is 3. The van der Waals surface area contributed by atoms with Crippen molar-refractivity contribution in [1.29, 1.82) is 0 Å². The van der Waals surface area contributed by atoms with Crippen LogP contribution in [0, 0.1) is 5.92 Å². The first-order valence-electron chi connectivity index (χ1n) is 7.23. The molecule has 4 nitrogen and oxygen atoms in total. The predicted octanol–water partition coefficient (Wildman–Crippen LogP) is 2.78. The largest absolute Gasteiger partial charge is 0.385 e. The van der Waals surface area contributed by atoms with Crippen molar-refractivity contribution >= 4 is 11.6 Å². The average Bonchev–Trinajstić information content (AvgIpc) is 2.88. The van der Waals surface area contributed by atoms with Crippen molar-refractivity contribution in [3.8, 4) is 0 Å².